The van der Waals surface area contributed by atoms with Crippen LogP contribution in [-0.2, 0) is 0 Å². The zero-order valence-corrected chi connectivity index (χ0v) is 6.26. The summed E-state index contributed by atoms with van der Waals surface area (Å²) < 4.78 is 0. The zero-order valence-electron chi connectivity index (χ0n) is 4.50. The van der Waals surface area contributed by atoms with E-state index < -0.39 is 13.8 Å². The van der Waals surface area contributed by atoms with E-state index in [0.717, 1.165) is 0 Å². The van der Waals surface area contributed by atoms with Gasteiger partial charge in [-0.1, -0.05) is 6.92 Å². The molecule has 0 amide bonds. The van der Waals surface area contributed by atoms with Crippen molar-refractivity contribution in [2.75, 3.05) is 0 Å². The lowest BCUT2D eigenvalue weighted by atomic mass is 10.6. The third kappa shape index (κ3) is 2.63. The first-order valence-electron chi connectivity index (χ1n) is 2.29. The van der Waals surface area contributed by atoms with Gasteiger partial charge in [-0.25, -0.2) is 0 Å². The predicted molar refractivity (Wildman–Crippen MR) is 32.3 cm³/mol. The Kier molecular flexibility index (Phi) is 2.93. The van der Waals surface area contributed by atoms with Gasteiger partial charge in [-0.3, -0.25) is 0 Å². The lowest BCUT2D eigenvalue weighted by Gasteiger charge is -2.12. The minimum Gasteiger partial charge on any atom is -0.389 e. The lowest BCUT2D eigenvalue weighted by Crippen LogP contribution is -2.45. The Morgan fingerprint density at radius 3 is 1.88 bits per heavy atom. The van der Waals surface area contributed by atoms with E-state index in [0.29, 0.717) is 6.42 Å². The molecule has 3 nitrogen and oxygen atoms in total. The molecule has 0 aromatic heterocycles. The largest absolute Gasteiger partial charge is 0.511 e. The highest BCUT2D eigenvalue weighted by Crippen LogP contribution is 2.08. The molecule has 0 saturated heterocycles. The molecular formula is C3H9ClO3Si. The molecule has 0 rings (SSSR count). The number of hydrogen-bond acceptors (Lipinski definition) is 3. The van der Waals surface area contributed by atoms with E-state index >= 15 is 0 Å². The first-order chi connectivity index (χ1) is 3.48. The van der Waals surface area contributed by atoms with E-state index in [1.807, 2.05) is 0 Å². The van der Waals surface area contributed by atoms with Crippen molar-refractivity contribution < 1.29 is 14.4 Å². The van der Waals surface area contributed by atoms with Gasteiger partial charge in [0, 0.05) is 0 Å². The van der Waals surface area contributed by atoms with E-state index in [9.17, 15) is 0 Å². The molecule has 8 heavy (non-hydrogen) atoms. The van der Waals surface area contributed by atoms with Gasteiger partial charge in [-0.05, 0) is 6.42 Å². The monoisotopic (exact) mass is 156 g/mol. The molecule has 0 heterocycles. The van der Waals surface area contributed by atoms with Crippen LogP contribution in [0.5, 0.6) is 0 Å². The standard InChI is InChI=1S/C3H9ClO3Si/c1-2-3(4)8(5,6)7/h3,5-7H,2H2,1H3. The molecule has 1 atom stereocenters. The summed E-state index contributed by atoms with van der Waals surface area (Å²) in [6.45, 7) is 1.67. The molecule has 0 spiro atoms. The van der Waals surface area contributed by atoms with E-state index in [-0.39, 0.29) is 0 Å². The molecule has 0 aliphatic carbocycles. The Balaban J connectivity index is 3.62. The van der Waals surface area contributed by atoms with Crippen molar-refractivity contribution in [3.63, 3.8) is 0 Å². The fourth-order valence-electron chi connectivity index (χ4n) is 0.274. The van der Waals surface area contributed by atoms with Gasteiger partial charge in [0.15, 0.2) is 0 Å². The molecule has 3 N–H and O–H groups in total. The Labute approximate surface area is 53.9 Å². The maximum atomic E-state index is 8.40. The van der Waals surface area contributed by atoms with E-state index in [1.54, 1.807) is 6.92 Å². The van der Waals surface area contributed by atoms with Gasteiger partial charge in [-0.15, -0.1) is 11.6 Å². The third-order valence-corrected chi connectivity index (χ3v) is 3.21. The Bertz CT molecular complexity index is 71.4. The average Bonchev–Trinajstić information content (AvgIpc) is 1.62. The molecule has 0 aliphatic heterocycles. The predicted octanol–water partition coefficient (Wildman–Crippen LogP) is -0.541. The van der Waals surface area contributed by atoms with Crippen molar-refractivity contribution in [1.29, 1.82) is 0 Å². The summed E-state index contributed by atoms with van der Waals surface area (Å²) >= 11 is 5.25. The summed E-state index contributed by atoms with van der Waals surface area (Å²) in [5.74, 6) is 0. The van der Waals surface area contributed by atoms with Gasteiger partial charge in [0.1, 0.15) is 5.00 Å². The Morgan fingerprint density at radius 1 is 1.50 bits per heavy atom. The number of rotatable bonds is 2. The molecule has 0 aromatic rings. The third-order valence-electron chi connectivity index (χ3n) is 0.779. The molecule has 0 aliphatic rings. The van der Waals surface area contributed by atoms with Crippen molar-refractivity contribution in [2.45, 2.75) is 18.3 Å². The molecule has 0 radical (unpaired) electrons. The highest BCUT2D eigenvalue weighted by atomic mass is 35.5. The van der Waals surface area contributed by atoms with Crippen LogP contribution < -0.4 is 0 Å². The molecule has 5 heteroatoms. The second kappa shape index (κ2) is 2.79. The highest BCUT2D eigenvalue weighted by molar-refractivity contribution is 6.67. The smallest absolute Gasteiger partial charge is 0.389 e. The van der Waals surface area contributed by atoms with E-state index in [4.69, 9.17) is 26.0 Å². The normalized spacial score (nSPS) is 16.1. The average molecular weight is 157 g/mol. The van der Waals surface area contributed by atoms with Crippen LogP contribution in [0.25, 0.3) is 0 Å². The van der Waals surface area contributed by atoms with Gasteiger partial charge >= 0.3 is 8.80 Å². The van der Waals surface area contributed by atoms with Crippen LogP contribution in [0.4, 0.5) is 0 Å². The highest BCUT2D eigenvalue weighted by Gasteiger charge is 2.36. The van der Waals surface area contributed by atoms with Crippen LogP contribution >= 0.6 is 11.6 Å². The second-order valence-electron chi connectivity index (χ2n) is 1.56. The summed E-state index contributed by atoms with van der Waals surface area (Å²) in [5.41, 5.74) is 0. The first kappa shape index (κ1) is 8.39. The van der Waals surface area contributed by atoms with Crippen LogP contribution in [0, 0.1) is 0 Å². The van der Waals surface area contributed by atoms with Gasteiger partial charge < -0.3 is 14.4 Å². The molecule has 0 bridgehead atoms. The summed E-state index contributed by atoms with van der Waals surface area (Å²) in [5, 5.41) is -0.873. The topological polar surface area (TPSA) is 60.7 Å². The van der Waals surface area contributed by atoms with Crippen molar-refractivity contribution in [2.24, 2.45) is 0 Å². The van der Waals surface area contributed by atoms with Crippen LogP contribution in [0.15, 0.2) is 0 Å². The zero-order chi connectivity index (χ0) is 6.78. The van der Waals surface area contributed by atoms with Crippen molar-refractivity contribution in [3.8, 4) is 0 Å². The maximum Gasteiger partial charge on any atom is 0.511 e. The second-order valence-corrected chi connectivity index (χ2v) is 4.53. The number of hydrogen-bond donors (Lipinski definition) is 3. The van der Waals surface area contributed by atoms with Gasteiger partial charge in [0.2, 0.25) is 0 Å². The van der Waals surface area contributed by atoms with E-state index in [2.05, 4.69) is 0 Å². The fourth-order valence-corrected chi connectivity index (χ4v) is 0.822. The number of halogens is 1. The first-order valence-corrected chi connectivity index (χ1v) is 4.65. The quantitative estimate of drug-likeness (QED) is 0.372. The van der Waals surface area contributed by atoms with Crippen LogP contribution in [-0.4, -0.2) is 28.2 Å². The van der Waals surface area contributed by atoms with Crippen molar-refractivity contribution >= 4 is 20.4 Å². The maximum absolute atomic E-state index is 8.40. The van der Waals surface area contributed by atoms with E-state index in [1.165, 1.54) is 0 Å². The number of alkyl halides is 1. The molecule has 50 valence electrons. The summed E-state index contributed by atoms with van der Waals surface area (Å²) in [6.07, 6.45) is 0.372. The fraction of sp³-hybridized carbons (Fsp3) is 1.00. The Morgan fingerprint density at radius 2 is 1.88 bits per heavy atom. The molecule has 0 saturated carbocycles. The van der Waals surface area contributed by atoms with Gasteiger partial charge in [-0.2, -0.15) is 0 Å². The van der Waals surface area contributed by atoms with Crippen LogP contribution in [0.3, 0.4) is 0 Å². The van der Waals surface area contributed by atoms with Gasteiger partial charge in [0.05, 0.1) is 0 Å². The SMILES string of the molecule is CCC(Cl)[Si](O)(O)O. The molecular weight excluding hydrogens is 148 g/mol. The molecule has 1 unspecified atom stereocenters. The Hall–Kier alpha value is 0.387. The minimum atomic E-state index is -4.00. The molecule has 0 aromatic carbocycles. The van der Waals surface area contributed by atoms with Crippen LogP contribution in [0.1, 0.15) is 13.3 Å². The summed E-state index contributed by atoms with van der Waals surface area (Å²) in [6, 6.07) is 0. The van der Waals surface area contributed by atoms with Crippen molar-refractivity contribution in [3.05, 3.63) is 0 Å². The van der Waals surface area contributed by atoms with Crippen molar-refractivity contribution in [1.82, 2.24) is 0 Å². The molecule has 0 fully saturated rings. The summed E-state index contributed by atoms with van der Waals surface area (Å²) in [7, 11) is -4.00. The van der Waals surface area contributed by atoms with Gasteiger partial charge in [0.25, 0.3) is 0 Å². The minimum absolute atomic E-state index is 0.372. The van der Waals surface area contributed by atoms with Crippen LogP contribution in [0.2, 0.25) is 0 Å². The summed E-state index contributed by atoms with van der Waals surface area (Å²) in [4.78, 5) is 25.2. The lowest BCUT2D eigenvalue weighted by molar-refractivity contribution is 0.223.